The number of hydrogen-bond donors (Lipinski definition) is 0. The van der Waals surface area contributed by atoms with Gasteiger partial charge in [-0.2, -0.15) is 5.10 Å². The molecule has 1 saturated carbocycles. The van der Waals surface area contributed by atoms with Crippen molar-refractivity contribution in [3.05, 3.63) is 18.0 Å². The average molecular weight is 248 g/mol. The van der Waals surface area contributed by atoms with Gasteiger partial charge in [0.1, 0.15) is 5.78 Å². The van der Waals surface area contributed by atoms with Gasteiger partial charge in [0.25, 0.3) is 0 Å². The maximum atomic E-state index is 12.2. The average Bonchev–Trinajstić information content (AvgIpc) is 2.75. The maximum Gasteiger partial charge on any atom is 0.140 e. The van der Waals surface area contributed by atoms with Crippen LogP contribution in [-0.4, -0.2) is 15.6 Å². The Labute approximate surface area is 110 Å². The summed E-state index contributed by atoms with van der Waals surface area (Å²) < 4.78 is 1.76. The monoisotopic (exact) mass is 248 g/mol. The van der Waals surface area contributed by atoms with Crippen LogP contribution in [0.15, 0.2) is 12.4 Å². The predicted octanol–water partition coefficient (Wildman–Crippen LogP) is 2.99. The first-order valence-corrected chi connectivity index (χ1v) is 7.06. The molecule has 0 amide bonds. The van der Waals surface area contributed by atoms with Crippen molar-refractivity contribution in [3.63, 3.8) is 0 Å². The first kappa shape index (κ1) is 13.3. The summed E-state index contributed by atoms with van der Waals surface area (Å²) in [6.45, 7) is 4.59. The number of ketones is 1. The van der Waals surface area contributed by atoms with E-state index in [2.05, 4.69) is 18.9 Å². The van der Waals surface area contributed by atoms with Crippen LogP contribution in [0.3, 0.4) is 0 Å². The van der Waals surface area contributed by atoms with Gasteiger partial charge in [-0.25, -0.2) is 0 Å². The third kappa shape index (κ3) is 3.21. The van der Waals surface area contributed by atoms with Gasteiger partial charge in [-0.05, 0) is 43.1 Å². The Hall–Kier alpha value is -1.12. The molecule has 3 heteroatoms. The standard InChI is InChI=1S/C15H24N2O/c1-11(2)13-4-6-14(7-5-13)15(18)8-12-9-16-17(3)10-12/h9-11,13-14H,4-8H2,1-3H3. The molecule has 0 aliphatic heterocycles. The number of carbonyl (C=O) groups excluding carboxylic acids is 1. The van der Waals surface area contributed by atoms with Crippen molar-refractivity contribution in [2.45, 2.75) is 46.0 Å². The molecule has 0 spiro atoms. The number of rotatable bonds is 4. The van der Waals surface area contributed by atoms with Crippen molar-refractivity contribution in [3.8, 4) is 0 Å². The molecular formula is C15H24N2O. The Morgan fingerprint density at radius 3 is 2.56 bits per heavy atom. The molecule has 1 aromatic heterocycles. The van der Waals surface area contributed by atoms with Gasteiger partial charge in [0.15, 0.2) is 0 Å². The lowest BCUT2D eigenvalue weighted by Crippen LogP contribution is -2.25. The Balaban J connectivity index is 1.84. The Bertz CT molecular complexity index is 400. The smallest absolute Gasteiger partial charge is 0.140 e. The Morgan fingerprint density at radius 2 is 2.06 bits per heavy atom. The van der Waals surface area contributed by atoms with E-state index in [0.29, 0.717) is 18.1 Å². The Morgan fingerprint density at radius 1 is 1.39 bits per heavy atom. The SMILES string of the molecule is CC(C)C1CCC(C(=O)Cc2cnn(C)c2)CC1. The highest BCUT2D eigenvalue weighted by atomic mass is 16.1. The fourth-order valence-corrected chi connectivity index (χ4v) is 3.02. The topological polar surface area (TPSA) is 34.9 Å². The molecule has 0 radical (unpaired) electrons. The summed E-state index contributed by atoms with van der Waals surface area (Å²) in [7, 11) is 1.89. The van der Waals surface area contributed by atoms with E-state index in [9.17, 15) is 4.79 Å². The fourth-order valence-electron chi connectivity index (χ4n) is 3.02. The van der Waals surface area contributed by atoms with Crippen LogP contribution in [-0.2, 0) is 18.3 Å². The van der Waals surface area contributed by atoms with Gasteiger partial charge in [0.05, 0.1) is 6.20 Å². The van der Waals surface area contributed by atoms with E-state index in [-0.39, 0.29) is 0 Å². The predicted molar refractivity (Wildman–Crippen MR) is 72.2 cm³/mol. The Kier molecular flexibility index (Phi) is 4.20. The zero-order valence-electron chi connectivity index (χ0n) is 11.7. The van der Waals surface area contributed by atoms with Crippen LogP contribution in [0.2, 0.25) is 0 Å². The summed E-state index contributed by atoms with van der Waals surface area (Å²) in [6.07, 6.45) is 8.92. The van der Waals surface area contributed by atoms with Crippen LogP contribution in [0.25, 0.3) is 0 Å². The molecule has 1 aromatic rings. The minimum absolute atomic E-state index is 0.292. The molecule has 2 rings (SSSR count). The first-order valence-electron chi connectivity index (χ1n) is 7.06. The van der Waals surface area contributed by atoms with Crippen molar-refractivity contribution < 1.29 is 4.79 Å². The quantitative estimate of drug-likeness (QED) is 0.821. The number of aromatic nitrogens is 2. The van der Waals surface area contributed by atoms with Crippen LogP contribution < -0.4 is 0 Å². The van der Waals surface area contributed by atoms with E-state index < -0.39 is 0 Å². The normalized spacial score (nSPS) is 24.4. The summed E-state index contributed by atoms with van der Waals surface area (Å²) in [5, 5.41) is 4.11. The second-order valence-electron chi connectivity index (χ2n) is 6.02. The zero-order chi connectivity index (χ0) is 13.1. The molecule has 100 valence electrons. The molecule has 3 nitrogen and oxygen atoms in total. The van der Waals surface area contributed by atoms with Gasteiger partial charge in [-0.15, -0.1) is 0 Å². The van der Waals surface area contributed by atoms with Crippen molar-refractivity contribution in [2.24, 2.45) is 24.8 Å². The highest BCUT2D eigenvalue weighted by molar-refractivity contribution is 5.83. The van der Waals surface area contributed by atoms with Crippen LogP contribution in [0, 0.1) is 17.8 Å². The molecule has 18 heavy (non-hydrogen) atoms. The van der Waals surface area contributed by atoms with E-state index in [1.165, 1.54) is 12.8 Å². The van der Waals surface area contributed by atoms with E-state index in [0.717, 1.165) is 30.2 Å². The summed E-state index contributed by atoms with van der Waals surface area (Å²) in [4.78, 5) is 12.2. The summed E-state index contributed by atoms with van der Waals surface area (Å²) in [5.41, 5.74) is 1.05. The number of nitrogens with zero attached hydrogens (tertiary/aromatic N) is 2. The molecule has 1 aliphatic carbocycles. The lowest BCUT2D eigenvalue weighted by molar-refractivity contribution is -0.123. The number of carbonyl (C=O) groups is 1. The first-order chi connectivity index (χ1) is 8.56. The highest BCUT2D eigenvalue weighted by Crippen LogP contribution is 2.34. The fraction of sp³-hybridized carbons (Fsp3) is 0.733. The van der Waals surface area contributed by atoms with Gasteiger partial charge >= 0.3 is 0 Å². The number of hydrogen-bond acceptors (Lipinski definition) is 2. The molecule has 1 heterocycles. The van der Waals surface area contributed by atoms with Gasteiger partial charge in [-0.1, -0.05) is 13.8 Å². The van der Waals surface area contributed by atoms with Crippen molar-refractivity contribution in [1.82, 2.24) is 9.78 Å². The van der Waals surface area contributed by atoms with Crippen LogP contribution >= 0.6 is 0 Å². The molecule has 0 N–H and O–H groups in total. The molecular weight excluding hydrogens is 224 g/mol. The molecule has 0 saturated heterocycles. The largest absolute Gasteiger partial charge is 0.299 e. The lowest BCUT2D eigenvalue weighted by Gasteiger charge is -2.30. The van der Waals surface area contributed by atoms with Crippen molar-refractivity contribution in [1.29, 1.82) is 0 Å². The van der Waals surface area contributed by atoms with E-state index in [4.69, 9.17) is 0 Å². The highest BCUT2D eigenvalue weighted by Gasteiger charge is 2.27. The van der Waals surface area contributed by atoms with E-state index >= 15 is 0 Å². The van der Waals surface area contributed by atoms with Gasteiger partial charge in [0, 0.05) is 25.6 Å². The van der Waals surface area contributed by atoms with Gasteiger partial charge in [0.2, 0.25) is 0 Å². The molecule has 0 bridgehead atoms. The van der Waals surface area contributed by atoms with Crippen molar-refractivity contribution >= 4 is 5.78 Å². The minimum atomic E-state index is 0.292. The minimum Gasteiger partial charge on any atom is -0.299 e. The second-order valence-corrected chi connectivity index (χ2v) is 6.02. The zero-order valence-corrected chi connectivity index (χ0v) is 11.7. The van der Waals surface area contributed by atoms with Gasteiger partial charge in [-0.3, -0.25) is 9.48 Å². The van der Waals surface area contributed by atoms with Gasteiger partial charge < -0.3 is 0 Å². The maximum absolute atomic E-state index is 12.2. The summed E-state index contributed by atoms with van der Waals surface area (Å²) >= 11 is 0. The summed E-state index contributed by atoms with van der Waals surface area (Å²) in [6, 6.07) is 0. The van der Waals surface area contributed by atoms with Crippen LogP contribution in [0.4, 0.5) is 0 Å². The third-order valence-corrected chi connectivity index (χ3v) is 4.31. The molecule has 0 unspecified atom stereocenters. The van der Waals surface area contributed by atoms with Crippen molar-refractivity contribution in [2.75, 3.05) is 0 Å². The number of Topliss-reactive ketones (excluding diaryl/α,β-unsaturated/α-hetero) is 1. The van der Waals surface area contributed by atoms with E-state index in [1.54, 1.807) is 10.9 Å². The summed E-state index contributed by atoms with van der Waals surface area (Å²) in [5.74, 6) is 2.29. The third-order valence-electron chi connectivity index (χ3n) is 4.31. The second kappa shape index (κ2) is 5.68. The molecule has 0 aromatic carbocycles. The molecule has 0 atom stereocenters. The van der Waals surface area contributed by atoms with Crippen LogP contribution in [0.1, 0.15) is 45.1 Å². The lowest BCUT2D eigenvalue weighted by atomic mass is 9.75. The van der Waals surface area contributed by atoms with E-state index in [1.807, 2.05) is 13.2 Å². The molecule has 1 aliphatic rings. The number of aryl methyl sites for hydroxylation is 1. The van der Waals surface area contributed by atoms with Crippen LogP contribution in [0.5, 0.6) is 0 Å². The molecule has 1 fully saturated rings.